The van der Waals surface area contributed by atoms with Gasteiger partial charge in [-0.15, -0.1) is 0 Å². The third kappa shape index (κ3) is 1.85. The lowest BCUT2D eigenvalue weighted by Gasteiger charge is -2.07. The molecule has 0 radical (unpaired) electrons. The molecule has 19 heavy (non-hydrogen) atoms. The van der Waals surface area contributed by atoms with Gasteiger partial charge in [-0.25, -0.2) is 4.98 Å². The molecule has 0 unspecified atom stereocenters. The van der Waals surface area contributed by atoms with Gasteiger partial charge in [-0.1, -0.05) is 23.7 Å². The summed E-state index contributed by atoms with van der Waals surface area (Å²) in [5, 5.41) is 17.2. The summed E-state index contributed by atoms with van der Waals surface area (Å²) in [6, 6.07) is 9.52. The first kappa shape index (κ1) is 11.7. The molecule has 0 bridgehead atoms. The first-order valence-corrected chi connectivity index (χ1v) is 6.08. The van der Waals surface area contributed by atoms with Gasteiger partial charge in [0, 0.05) is 5.56 Å². The summed E-state index contributed by atoms with van der Waals surface area (Å²) in [6.45, 7) is 1.90. The van der Waals surface area contributed by atoms with Crippen LogP contribution in [-0.2, 0) is 0 Å². The van der Waals surface area contributed by atoms with E-state index in [1.54, 1.807) is 18.3 Å². The van der Waals surface area contributed by atoms with E-state index in [-0.39, 0.29) is 0 Å². The lowest BCUT2D eigenvalue weighted by atomic mass is 10.0. The summed E-state index contributed by atoms with van der Waals surface area (Å²) in [6.07, 6.45) is 1.65. The fraction of sp³-hybridized carbons (Fsp3) is 0.0714. The molecule has 0 spiro atoms. The standard InChI is InChI=1S/C14H9ClN4/c1-8-9(6-16)3-2-4-10(8)13-5-12(15)11-7-17-19-14(11)18-13/h2-5,7H,1H3,(H,17,18,19). The van der Waals surface area contributed by atoms with Gasteiger partial charge in [0.2, 0.25) is 0 Å². The first-order valence-electron chi connectivity index (χ1n) is 5.70. The molecular formula is C14H9ClN4. The molecule has 0 amide bonds. The summed E-state index contributed by atoms with van der Waals surface area (Å²) in [4.78, 5) is 4.49. The van der Waals surface area contributed by atoms with Crippen LogP contribution in [0.5, 0.6) is 0 Å². The van der Waals surface area contributed by atoms with Gasteiger partial charge in [0.25, 0.3) is 0 Å². The number of nitriles is 1. The molecule has 4 nitrogen and oxygen atoms in total. The monoisotopic (exact) mass is 268 g/mol. The van der Waals surface area contributed by atoms with E-state index in [9.17, 15) is 0 Å². The topological polar surface area (TPSA) is 65.4 Å². The maximum absolute atomic E-state index is 9.07. The molecule has 0 saturated carbocycles. The van der Waals surface area contributed by atoms with E-state index in [4.69, 9.17) is 16.9 Å². The van der Waals surface area contributed by atoms with Crippen LogP contribution in [0.4, 0.5) is 0 Å². The molecule has 3 rings (SSSR count). The predicted molar refractivity (Wildman–Crippen MR) is 73.8 cm³/mol. The number of fused-ring (bicyclic) bond motifs is 1. The number of aromatic nitrogens is 3. The van der Waals surface area contributed by atoms with Crippen molar-refractivity contribution >= 4 is 22.6 Å². The lowest BCUT2D eigenvalue weighted by molar-refractivity contribution is 1.10. The number of pyridine rings is 1. The smallest absolute Gasteiger partial charge is 0.157 e. The Kier molecular flexibility index (Phi) is 2.69. The van der Waals surface area contributed by atoms with E-state index in [2.05, 4.69) is 21.3 Å². The summed E-state index contributed by atoms with van der Waals surface area (Å²) in [5.41, 5.74) is 3.81. The Morgan fingerprint density at radius 2 is 2.21 bits per heavy atom. The molecule has 2 aromatic heterocycles. The molecule has 92 valence electrons. The molecule has 3 aromatic rings. The van der Waals surface area contributed by atoms with Crippen molar-refractivity contribution in [3.8, 4) is 17.3 Å². The number of H-pyrrole nitrogens is 1. The van der Waals surface area contributed by atoms with Crippen molar-refractivity contribution in [2.75, 3.05) is 0 Å². The minimum Gasteiger partial charge on any atom is -0.261 e. The lowest BCUT2D eigenvalue weighted by Crippen LogP contribution is -1.91. The fourth-order valence-corrected chi connectivity index (χ4v) is 2.30. The van der Waals surface area contributed by atoms with Crippen molar-refractivity contribution in [3.05, 3.63) is 46.6 Å². The molecular weight excluding hydrogens is 260 g/mol. The largest absolute Gasteiger partial charge is 0.261 e. The second-order valence-electron chi connectivity index (χ2n) is 4.21. The molecule has 0 aliphatic rings. The van der Waals surface area contributed by atoms with Crippen molar-refractivity contribution in [1.82, 2.24) is 15.2 Å². The minimum absolute atomic E-state index is 0.593. The van der Waals surface area contributed by atoms with Crippen molar-refractivity contribution in [2.24, 2.45) is 0 Å². The van der Waals surface area contributed by atoms with E-state index in [1.165, 1.54) is 0 Å². The van der Waals surface area contributed by atoms with Gasteiger partial charge >= 0.3 is 0 Å². The Bertz CT molecular complexity index is 814. The number of nitrogens with one attached hydrogen (secondary N) is 1. The molecule has 0 aliphatic heterocycles. The van der Waals surface area contributed by atoms with Crippen LogP contribution in [0.15, 0.2) is 30.5 Å². The van der Waals surface area contributed by atoms with E-state index in [0.29, 0.717) is 16.2 Å². The number of benzene rings is 1. The highest BCUT2D eigenvalue weighted by Gasteiger charge is 2.11. The van der Waals surface area contributed by atoms with Crippen molar-refractivity contribution in [1.29, 1.82) is 5.26 Å². The SMILES string of the molecule is Cc1c(C#N)cccc1-c1cc(Cl)c2cn[nH]c2n1. The Balaban J connectivity index is 2.28. The summed E-state index contributed by atoms with van der Waals surface area (Å²) in [7, 11) is 0. The van der Waals surface area contributed by atoms with Gasteiger partial charge in [0.15, 0.2) is 5.65 Å². The van der Waals surface area contributed by atoms with Gasteiger partial charge < -0.3 is 0 Å². The van der Waals surface area contributed by atoms with E-state index >= 15 is 0 Å². The van der Waals surface area contributed by atoms with Crippen LogP contribution in [0.25, 0.3) is 22.3 Å². The van der Waals surface area contributed by atoms with Gasteiger partial charge in [-0.2, -0.15) is 10.4 Å². The van der Waals surface area contributed by atoms with Crippen LogP contribution in [0.3, 0.4) is 0 Å². The predicted octanol–water partition coefficient (Wildman–Crippen LogP) is 3.46. The average Bonchev–Trinajstić information content (AvgIpc) is 2.88. The molecule has 0 aliphatic carbocycles. The van der Waals surface area contributed by atoms with E-state index in [1.807, 2.05) is 19.1 Å². The third-order valence-electron chi connectivity index (χ3n) is 3.10. The van der Waals surface area contributed by atoms with Gasteiger partial charge in [0.1, 0.15) is 0 Å². The van der Waals surface area contributed by atoms with Crippen LogP contribution >= 0.6 is 11.6 Å². The zero-order valence-electron chi connectivity index (χ0n) is 10.1. The van der Waals surface area contributed by atoms with Gasteiger partial charge in [-0.05, 0) is 24.6 Å². The maximum Gasteiger partial charge on any atom is 0.157 e. The molecule has 5 heteroatoms. The Hall–Kier alpha value is -2.38. The molecule has 0 atom stereocenters. The van der Waals surface area contributed by atoms with Crippen molar-refractivity contribution in [3.63, 3.8) is 0 Å². The molecule has 2 heterocycles. The zero-order valence-corrected chi connectivity index (χ0v) is 10.9. The first-order chi connectivity index (χ1) is 9.20. The molecule has 1 aromatic carbocycles. The Morgan fingerprint density at radius 3 is 3.00 bits per heavy atom. The molecule has 1 N–H and O–H groups in total. The van der Waals surface area contributed by atoms with Crippen molar-refractivity contribution in [2.45, 2.75) is 6.92 Å². The summed E-state index contributed by atoms with van der Waals surface area (Å²) < 4.78 is 0. The van der Waals surface area contributed by atoms with E-state index in [0.717, 1.165) is 22.2 Å². The Labute approximate surface area is 114 Å². The molecule has 0 saturated heterocycles. The molecule has 0 fully saturated rings. The summed E-state index contributed by atoms with van der Waals surface area (Å²) >= 11 is 6.21. The van der Waals surface area contributed by atoms with Gasteiger partial charge in [-0.3, -0.25) is 5.10 Å². The van der Waals surface area contributed by atoms with E-state index < -0.39 is 0 Å². The number of aromatic amines is 1. The fourth-order valence-electron chi connectivity index (χ4n) is 2.06. The minimum atomic E-state index is 0.593. The van der Waals surface area contributed by atoms with Gasteiger partial charge in [0.05, 0.1) is 33.9 Å². The number of hydrogen-bond donors (Lipinski definition) is 1. The zero-order chi connectivity index (χ0) is 13.4. The highest BCUT2D eigenvalue weighted by atomic mass is 35.5. The number of nitrogens with zero attached hydrogens (tertiary/aromatic N) is 3. The number of hydrogen-bond acceptors (Lipinski definition) is 3. The third-order valence-corrected chi connectivity index (χ3v) is 3.42. The van der Waals surface area contributed by atoms with Crippen LogP contribution in [0, 0.1) is 18.3 Å². The van der Waals surface area contributed by atoms with Crippen LogP contribution in [0.2, 0.25) is 5.02 Å². The van der Waals surface area contributed by atoms with Crippen LogP contribution in [0.1, 0.15) is 11.1 Å². The number of rotatable bonds is 1. The Morgan fingerprint density at radius 1 is 1.37 bits per heavy atom. The highest BCUT2D eigenvalue weighted by Crippen LogP contribution is 2.29. The van der Waals surface area contributed by atoms with Crippen LogP contribution < -0.4 is 0 Å². The second-order valence-corrected chi connectivity index (χ2v) is 4.62. The number of halogens is 1. The quantitative estimate of drug-likeness (QED) is 0.735. The van der Waals surface area contributed by atoms with Crippen molar-refractivity contribution < 1.29 is 0 Å². The maximum atomic E-state index is 9.07. The highest BCUT2D eigenvalue weighted by molar-refractivity contribution is 6.35. The average molecular weight is 269 g/mol. The summed E-state index contributed by atoms with van der Waals surface area (Å²) in [5.74, 6) is 0. The second kappa shape index (κ2) is 4.38. The van der Waals surface area contributed by atoms with Crippen LogP contribution in [-0.4, -0.2) is 15.2 Å². The normalized spacial score (nSPS) is 10.6.